The second kappa shape index (κ2) is 5.54. The van der Waals surface area contributed by atoms with Crippen LogP contribution in [-0.2, 0) is 0 Å². The molecule has 72 valence electrons. The normalized spacial score (nSPS) is 12.5. The second-order valence-electron chi connectivity index (χ2n) is 3.17. The molecule has 0 saturated heterocycles. The zero-order chi connectivity index (χ0) is 9.52. The van der Waals surface area contributed by atoms with Gasteiger partial charge in [0, 0.05) is 6.20 Å². The number of ether oxygens (including phenoxy) is 1. The Balaban J connectivity index is 2.20. The molecule has 1 atom stereocenters. The number of nitrogens with two attached hydrogens (primary N) is 1. The van der Waals surface area contributed by atoms with E-state index in [2.05, 4.69) is 11.9 Å². The van der Waals surface area contributed by atoms with Gasteiger partial charge >= 0.3 is 0 Å². The summed E-state index contributed by atoms with van der Waals surface area (Å²) in [5.74, 6) is 1.35. The summed E-state index contributed by atoms with van der Waals surface area (Å²) in [6.45, 7) is 3.55. The van der Waals surface area contributed by atoms with Crippen molar-refractivity contribution in [3.63, 3.8) is 0 Å². The molecule has 0 aliphatic heterocycles. The molecule has 1 heterocycles. The van der Waals surface area contributed by atoms with E-state index < -0.39 is 0 Å². The second-order valence-corrected chi connectivity index (χ2v) is 3.17. The van der Waals surface area contributed by atoms with Gasteiger partial charge in [0.05, 0.1) is 12.8 Å². The van der Waals surface area contributed by atoms with E-state index in [9.17, 15) is 0 Å². The summed E-state index contributed by atoms with van der Waals surface area (Å²) in [5, 5.41) is 0. The SMILES string of the molecule is CC(CN)CCOc1cccnc1. The van der Waals surface area contributed by atoms with Crippen LogP contribution in [0.4, 0.5) is 0 Å². The summed E-state index contributed by atoms with van der Waals surface area (Å²) in [5.41, 5.74) is 5.48. The van der Waals surface area contributed by atoms with Crippen LogP contribution < -0.4 is 10.5 Å². The number of rotatable bonds is 5. The first-order valence-electron chi connectivity index (χ1n) is 4.56. The maximum Gasteiger partial charge on any atom is 0.137 e. The molecule has 2 N–H and O–H groups in total. The third-order valence-electron chi connectivity index (χ3n) is 1.92. The average molecular weight is 180 g/mol. The maximum absolute atomic E-state index is 5.48. The lowest BCUT2D eigenvalue weighted by atomic mass is 10.1. The van der Waals surface area contributed by atoms with Crippen LogP contribution in [0, 0.1) is 5.92 Å². The van der Waals surface area contributed by atoms with Crippen LogP contribution in [-0.4, -0.2) is 18.1 Å². The first-order valence-corrected chi connectivity index (χ1v) is 4.56. The smallest absolute Gasteiger partial charge is 0.137 e. The Labute approximate surface area is 78.9 Å². The van der Waals surface area contributed by atoms with Crippen LogP contribution in [0.1, 0.15) is 13.3 Å². The molecule has 13 heavy (non-hydrogen) atoms. The molecule has 0 aliphatic rings. The highest BCUT2D eigenvalue weighted by molar-refractivity contribution is 5.15. The minimum Gasteiger partial charge on any atom is -0.492 e. The lowest BCUT2D eigenvalue weighted by Gasteiger charge is -2.09. The minimum absolute atomic E-state index is 0.525. The molecule has 0 aromatic carbocycles. The van der Waals surface area contributed by atoms with Crippen molar-refractivity contribution in [1.82, 2.24) is 4.98 Å². The van der Waals surface area contributed by atoms with Crippen molar-refractivity contribution in [3.05, 3.63) is 24.5 Å². The molecule has 0 amide bonds. The summed E-state index contributed by atoms with van der Waals surface area (Å²) >= 11 is 0. The van der Waals surface area contributed by atoms with E-state index in [-0.39, 0.29) is 0 Å². The molecular formula is C10H16N2O. The van der Waals surface area contributed by atoms with E-state index in [1.165, 1.54) is 0 Å². The topological polar surface area (TPSA) is 48.1 Å². The van der Waals surface area contributed by atoms with Gasteiger partial charge < -0.3 is 10.5 Å². The zero-order valence-corrected chi connectivity index (χ0v) is 7.94. The average Bonchev–Trinajstić information content (AvgIpc) is 2.19. The monoisotopic (exact) mass is 180 g/mol. The Morgan fingerprint density at radius 2 is 2.46 bits per heavy atom. The highest BCUT2D eigenvalue weighted by Crippen LogP contribution is 2.08. The molecule has 1 rings (SSSR count). The Kier molecular flexibility index (Phi) is 4.26. The molecule has 0 fully saturated rings. The van der Waals surface area contributed by atoms with Crippen molar-refractivity contribution in [3.8, 4) is 5.75 Å². The number of hydrogen-bond donors (Lipinski definition) is 1. The fourth-order valence-corrected chi connectivity index (χ4v) is 0.928. The van der Waals surface area contributed by atoms with Crippen LogP contribution in [0.3, 0.4) is 0 Å². The lowest BCUT2D eigenvalue weighted by Crippen LogP contribution is -2.13. The fraction of sp³-hybridized carbons (Fsp3) is 0.500. The molecule has 1 unspecified atom stereocenters. The van der Waals surface area contributed by atoms with Crippen molar-refractivity contribution in [2.24, 2.45) is 11.7 Å². The molecule has 3 nitrogen and oxygen atoms in total. The number of hydrogen-bond acceptors (Lipinski definition) is 3. The molecule has 1 aromatic rings. The molecule has 0 aliphatic carbocycles. The van der Waals surface area contributed by atoms with Crippen LogP contribution in [0.25, 0.3) is 0 Å². The van der Waals surface area contributed by atoms with E-state index in [1.54, 1.807) is 12.4 Å². The van der Waals surface area contributed by atoms with Gasteiger partial charge in [-0.2, -0.15) is 0 Å². The van der Waals surface area contributed by atoms with Crippen LogP contribution >= 0.6 is 0 Å². The third kappa shape index (κ3) is 3.90. The Hall–Kier alpha value is -1.09. The van der Waals surface area contributed by atoms with Crippen molar-refractivity contribution in [1.29, 1.82) is 0 Å². The third-order valence-corrected chi connectivity index (χ3v) is 1.92. The zero-order valence-electron chi connectivity index (χ0n) is 7.94. The molecule has 0 saturated carbocycles. The number of aromatic nitrogens is 1. The standard InChI is InChI=1S/C10H16N2O/c1-9(7-11)4-6-13-10-3-2-5-12-8-10/h2-3,5,8-9H,4,6-7,11H2,1H3. The molecule has 0 bridgehead atoms. The van der Waals surface area contributed by atoms with Crippen LogP contribution in [0.5, 0.6) is 5.75 Å². The van der Waals surface area contributed by atoms with E-state index in [4.69, 9.17) is 10.5 Å². The molecular weight excluding hydrogens is 164 g/mol. The fourth-order valence-electron chi connectivity index (χ4n) is 0.928. The van der Waals surface area contributed by atoms with E-state index in [1.807, 2.05) is 12.1 Å². The molecule has 0 spiro atoms. The predicted octanol–water partition coefficient (Wildman–Crippen LogP) is 1.45. The summed E-state index contributed by atoms with van der Waals surface area (Å²) in [4.78, 5) is 3.95. The Morgan fingerprint density at radius 1 is 1.62 bits per heavy atom. The summed E-state index contributed by atoms with van der Waals surface area (Å²) < 4.78 is 5.46. The molecule has 1 aromatic heterocycles. The quantitative estimate of drug-likeness (QED) is 0.746. The Bertz CT molecular complexity index is 226. The van der Waals surface area contributed by atoms with Gasteiger partial charge in [-0.1, -0.05) is 6.92 Å². The van der Waals surface area contributed by atoms with Gasteiger partial charge in [0.25, 0.3) is 0 Å². The van der Waals surface area contributed by atoms with Crippen LogP contribution in [0.15, 0.2) is 24.5 Å². The number of nitrogens with zero attached hydrogens (tertiary/aromatic N) is 1. The Morgan fingerprint density at radius 3 is 3.08 bits per heavy atom. The van der Waals surface area contributed by atoms with Crippen molar-refractivity contribution in [2.75, 3.05) is 13.2 Å². The lowest BCUT2D eigenvalue weighted by molar-refractivity contribution is 0.285. The maximum atomic E-state index is 5.48. The largest absolute Gasteiger partial charge is 0.492 e. The first kappa shape index (κ1) is 9.99. The van der Waals surface area contributed by atoms with Crippen LogP contribution in [0.2, 0.25) is 0 Å². The first-order chi connectivity index (χ1) is 6.33. The minimum atomic E-state index is 0.525. The van der Waals surface area contributed by atoms with Gasteiger partial charge in [0.15, 0.2) is 0 Å². The van der Waals surface area contributed by atoms with Gasteiger partial charge in [-0.3, -0.25) is 4.98 Å². The van der Waals surface area contributed by atoms with Gasteiger partial charge in [-0.05, 0) is 31.0 Å². The predicted molar refractivity (Wildman–Crippen MR) is 52.6 cm³/mol. The summed E-state index contributed by atoms with van der Waals surface area (Å²) in [6, 6.07) is 3.77. The van der Waals surface area contributed by atoms with Crippen molar-refractivity contribution >= 4 is 0 Å². The van der Waals surface area contributed by atoms with Gasteiger partial charge in [-0.25, -0.2) is 0 Å². The number of pyridine rings is 1. The van der Waals surface area contributed by atoms with Crippen molar-refractivity contribution < 1.29 is 4.74 Å². The van der Waals surface area contributed by atoms with E-state index in [0.717, 1.165) is 18.7 Å². The van der Waals surface area contributed by atoms with Gasteiger partial charge in [0.2, 0.25) is 0 Å². The van der Waals surface area contributed by atoms with Gasteiger partial charge in [-0.15, -0.1) is 0 Å². The molecule has 3 heteroatoms. The van der Waals surface area contributed by atoms with Gasteiger partial charge in [0.1, 0.15) is 5.75 Å². The molecule has 0 radical (unpaired) electrons. The summed E-state index contributed by atoms with van der Waals surface area (Å²) in [7, 11) is 0. The van der Waals surface area contributed by atoms with E-state index >= 15 is 0 Å². The van der Waals surface area contributed by atoms with Crippen molar-refractivity contribution in [2.45, 2.75) is 13.3 Å². The van der Waals surface area contributed by atoms with E-state index in [0.29, 0.717) is 12.5 Å². The summed E-state index contributed by atoms with van der Waals surface area (Å²) in [6.07, 6.45) is 4.44. The highest BCUT2D eigenvalue weighted by atomic mass is 16.5. The highest BCUT2D eigenvalue weighted by Gasteiger charge is 1.99.